The maximum atomic E-state index is 12.2. The Labute approximate surface area is 121 Å². The first kappa shape index (κ1) is 17.7. The van der Waals surface area contributed by atoms with E-state index in [1.54, 1.807) is 29.2 Å². The highest BCUT2D eigenvalue weighted by Gasteiger charge is 2.21. The van der Waals surface area contributed by atoms with E-state index in [9.17, 15) is 9.90 Å². The van der Waals surface area contributed by atoms with E-state index in [1.807, 2.05) is 20.8 Å². The predicted octanol–water partition coefficient (Wildman–Crippen LogP) is 2.54. The molecule has 19 heavy (non-hydrogen) atoms. The van der Waals surface area contributed by atoms with Crippen molar-refractivity contribution >= 4 is 24.0 Å². The van der Waals surface area contributed by atoms with Crippen LogP contribution in [0.25, 0.3) is 0 Å². The van der Waals surface area contributed by atoms with Crippen molar-refractivity contribution in [2.24, 2.45) is 11.7 Å². The lowest BCUT2D eigenvalue weighted by Crippen LogP contribution is -2.44. The zero-order chi connectivity index (χ0) is 13.7. The standard InChI is InChI=1S/C14H22N2O2.ClH/c1-4-16(11-5-7-12(17)8-6-11)14(18)13(15)9-10(2)3;/h5-8,10,13,17H,4,9,15H2,1-3H3;1H/t13-;/m0./s1. The molecule has 0 aliphatic heterocycles. The minimum absolute atomic E-state index is 0. The number of phenols is 1. The molecule has 0 unspecified atom stereocenters. The third-order valence-corrected chi connectivity index (χ3v) is 2.79. The van der Waals surface area contributed by atoms with Crippen LogP contribution in [0.2, 0.25) is 0 Å². The van der Waals surface area contributed by atoms with Gasteiger partial charge in [-0.1, -0.05) is 13.8 Å². The number of aromatic hydroxyl groups is 1. The van der Waals surface area contributed by atoms with Crippen molar-refractivity contribution in [2.45, 2.75) is 33.2 Å². The van der Waals surface area contributed by atoms with Crippen LogP contribution in [0.5, 0.6) is 5.75 Å². The first-order chi connectivity index (χ1) is 8.45. The van der Waals surface area contributed by atoms with Gasteiger partial charge in [-0.2, -0.15) is 0 Å². The van der Waals surface area contributed by atoms with Crippen LogP contribution in [0, 0.1) is 5.92 Å². The minimum atomic E-state index is -0.473. The second-order valence-electron chi connectivity index (χ2n) is 4.83. The van der Waals surface area contributed by atoms with E-state index in [0.717, 1.165) is 5.69 Å². The normalized spacial score (nSPS) is 11.8. The molecule has 108 valence electrons. The molecule has 0 spiro atoms. The quantitative estimate of drug-likeness (QED) is 0.874. The number of amides is 1. The van der Waals surface area contributed by atoms with Gasteiger partial charge < -0.3 is 15.7 Å². The molecule has 0 heterocycles. The van der Waals surface area contributed by atoms with Gasteiger partial charge in [0.25, 0.3) is 0 Å². The summed E-state index contributed by atoms with van der Waals surface area (Å²) in [6, 6.07) is 6.11. The molecule has 1 rings (SSSR count). The van der Waals surface area contributed by atoms with Gasteiger partial charge in [-0.25, -0.2) is 0 Å². The van der Waals surface area contributed by atoms with Gasteiger partial charge in [-0.15, -0.1) is 12.4 Å². The number of rotatable bonds is 5. The van der Waals surface area contributed by atoms with Gasteiger partial charge in [0.1, 0.15) is 5.75 Å². The molecule has 0 aromatic heterocycles. The number of halogens is 1. The Morgan fingerprint density at radius 2 is 1.84 bits per heavy atom. The number of carbonyl (C=O) groups excluding carboxylic acids is 1. The number of benzene rings is 1. The molecule has 1 aromatic rings. The molecule has 1 amide bonds. The van der Waals surface area contributed by atoms with E-state index in [-0.39, 0.29) is 24.1 Å². The summed E-state index contributed by atoms with van der Waals surface area (Å²) in [6.45, 7) is 6.57. The van der Waals surface area contributed by atoms with Gasteiger partial charge in [0.2, 0.25) is 5.91 Å². The summed E-state index contributed by atoms with van der Waals surface area (Å²) < 4.78 is 0. The first-order valence-electron chi connectivity index (χ1n) is 6.31. The van der Waals surface area contributed by atoms with Crippen LogP contribution < -0.4 is 10.6 Å². The molecule has 0 saturated heterocycles. The molecule has 0 bridgehead atoms. The monoisotopic (exact) mass is 286 g/mol. The van der Waals surface area contributed by atoms with Gasteiger partial charge in [0.15, 0.2) is 0 Å². The van der Waals surface area contributed by atoms with E-state index >= 15 is 0 Å². The number of likely N-dealkylation sites (N-methyl/N-ethyl adjacent to an activating group) is 1. The van der Waals surface area contributed by atoms with Crippen molar-refractivity contribution < 1.29 is 9.90 Å². The summed E-state index contributed by atoms with van der Waals surface area (Å²) in [4.78, 5) is 13.9. The highest BCUT2D eigenvalue weighted by molar-refractivity contribution is 5.97. The molecule has 0 radical (unpaired) electrons. The van der Waals surface area contributed by atoms with E-state index in [4.69, 9.17) is 5.73 Å². The topological polar surface area (TPSA) is 66.6 Å². The third kappa shape index (κ3) is 5.09. The highest BCUT2D eigenvalue weighted by atomic mass is 35.5. The number of phenolic OH excluding ortho intramolecular Hbond substituents is 1. The van der Waals surface area contributed by atoms with Crippen molar-refractivity contribution in [2.75, 3.05) is 11.4 Å². The number of nitrogens with zero attached hydrogens (tertiary/aromatic N) is 1. The zero-order valence-corrected chi connectivity index (χ0v) is 12.5. The van der Waals surface area contributed by atoms with Gasteiger partial charge in [-0.05, 0) is 43.5 Å². The lowest BCUT2D eigenvalue weighted by molar-refractivity contribution is -0.120. The van der Waals surface area contributed by atoms with E-state index in [2.05, 4.69) is 0 Å². The van der Waals surface area contributed by atoms with E-state index in [1.165, 1.54) is 0 Å². The van der Waals surface area contributed by atoms with Crippen LogP contribution in [0.1, 0.15) is 27.2 Å². The van der Waals surface area contributed by atoms with Crippen molar-refractivity contribution in [3.8, 4) is 5.75 Å². The molecule has 5 heteroatoms. The smallest absolute Gasteiger partial charge is 0.243 e. The fourth-order valence-electron chi connectivity index (χ4n) is 1.91. The molecule has 1 aromatic carbocycles. The largest absolute Gasteiger partial charge is 0.508 e. The summed E-state index contributed by atoms with van der Waals surface area (Å²) in [5.41, 5.74) is 6.68. The second kappa shape index (κ2) is 8.02. The van der Waals surface area contributed by atoms with Crippen molar-refractivity contribution in [3.63, 3.8) is 0 Å². The number of carbonyl (C=O) groups is 1. The van der Waals surface area contributed by atoms with Gasteiger partial charge in [0, 0.05) is 12.2 Å². The van der Waals surface area contributed by atoms with Gasteiger partial charge >= 0.3 is 0 Å². The minimum Gasteiger partial charge on any atom is -0.508 e. The molecule has 4 nitrogen and oxygen atoms in total. The summed E-state index contributed by atoms with van der Waals surface area (Å²) in [5.74, 6) is 0.507. The van der Waals surface area contributed by atoms with Crippen LogP contribution in [-0.2, 0) is 4.79 Å². The Morgan fingerprint density at radius 1 is 1.32 bits per heavy atom. The van der Waals surface area contributed by atoms with Gasteiger partial charge in [-0.3, -0.25) is 4.79 Å². The van der Waals surface area contributed by atoms with Crippen LogP contribution in [-0.4, -0.2) is 23.6 Å². The molecule has 0 aliphatic carbocycles. The highest BCUT2D eigenvalue weighted by Crippen LogP contribution is 2.19. The summed E-state index contributed by atoms with van der Waals surface area (Å²) in [5, 5.41) is 9.25. The van der Waals surface area contributed by atoms with Crippen LogP contribution in [0.4, 0.5) is 5.69 Å². The summed E-state index contributed by atoms with van der Waals surface area (Å²) >= 11 is 0. The van der Waals surface area contributed by atoms with E-state index in [0.29, 0.717) is 18.9 Å². The Morgan fingerprint density at radius 3 is 2.26 bits per heavy atom. The van der Waals surface area contributed by atoms with Crippen LogP contribution >= 0.6 is 12.4 Å². The first-order valence-corrected chi connectivity index (χ1v) is 6.31. The average molecular weight is 287 g/mol. The molecular formula is C14H23ClN2O2. The fourth-order valence-corrected chi connectivity index (χ4v) is 1.91. The number of hydrogen-bond donors (Lipinski definition) is 2. The van der Waals surface area contributed by atoms with E-state index < -0.39 is 6.04 Å². The average Bonchev–Trinajstić information content (AvgIpc) is 2.31. The fraction of sp³-hybridized carbons (Fsp3) is 0.500. The Hall–Kier alpha value is -1.26. The Kier molecular flexibility index (Phi) is 7.49. The molecule has 0 saturated carbocycles. The SMILES string of the molecule is CCN(C(=O)[C@@H](N)CC(C)C)c1ccc(O)cc1.Cl. The van der Waals surface area contributed by atoms with Crippen LogP contribution in [0.3, 0.4) is 0 Å². The summed E-state index contributed by atoms with van der Waals surface area (Å²) in [6.07, 6.45) is 0.674. The summed E-state index contributed by atoms with van der Waals surface area (Å²) in [7, 11) is 0. The Bertz CT molecular complexity index is 393. The predicted molar refractivity (Wildman–Crippen MR) is 80.8 cm³/mol. The molecule has 0 aliphatic rings. The van der Waals surface area contributed by atoms with Crippen LogP contribution in [0.15, 0.2) is 24.3 Å². The maximum Gasteiger partial charge on any atom is 0.243 e. The zero-order valence-electron chi connectivity index (χ0n) is 11.7. The number of nitrogens with two attached hydrogens (primary N) is 1. The lowest BCUT2D eigenvalue weighted by atomic mass is 10.0. The maximum absolute atomic E-state index is 12.2. The molecular weight excluding hydrogens is 264 g/mol. The molecule has 0 fully saturated rings. The second-order valence-corrected chi connectivity index (χ2v) is 4.83. The number of anilines is 1. The van der Waals surface area contributed by atoms with Crippen molar-refractivity contribution in [1.29, 1.82) is 0 Å². The number of hydrogen-bond acceptors (Lipinski definition) is 3. The van der Waals surface area contributed by atoms with Crippen molar-refractivity contribution in [1.82, 2.24) is 0 Å². The lowest BCUT2D eigenvalue weighted by Gasteiger charge is -2.25. The Balaban J connectivity index is 0.00000324. The van der Waals surface area contributed by atoms with Gasteiger partial charge in [0.05, 0.1) is 6.04 Å². The molecule has 3 N–H and O–H groups in total. The molecule has 1 atom stereocenters. The van der Waals surface area contributed by atoms with Crippen molar-refractivity contribution in [3.05, 3.63) is 24.3 Å². The third-order valence-electron chi connectivity index (χ3n) is 2.79.